The van der Waals surface area contributed by atoms with Crippen LogP contribution in [0.25, 0.3) is 11.5 Å². The van der Waals surface area contributed by atoms with Gasteiger partial charge in [0.15, 0.2) is 0 Å². The van der Waals surface area contributed by atoms with Gasteiger partial charge in [0.05, 0.1) is 5.51 Å². The Kier molecular flexibility index (Phi) is 2.68. The van der Waals surface area contributed by atoms with Gasteiger partial charge in [-0.2, -0.15) is 4.98 Å². The lowest BCUT2D eigenvalue weighted by atomic mass is 10.0. The quantitative estimate of drug-likeness (QED) is 0.785. The molecule has 0 amide bonds. The van der Waals surface area contributed by atoms with E-state index in [1.54, 1.807) is 16.8 Å². The minimum atomic E-state index is 0.00915. The molecule has 1 aliphatic heterocycles. The van der Waals surface area contributed by atoms with Crippen LogP contribution >= 0.6 is 22.7 Å². The Morgan fingerprint density at radius 1 is 1.42 bits per heavy atom. The molecule has 0 aliphatic carbocycles. The summed E-state index contributed by atoms with van der Waals surface area (Å²) >= 11 is 3.31. The van der Waals surface area contributed by atoms with Gasteiger partial charge in [-0.25, -0.2) is 4.98 Å². The van der Waals surface area contributed by atoms with E-state index in [0.717, 1.165) is 18.7 Å². The van der Waals surface area contributed by atoms with Gasteiger partial charge in [0.1, 0.15) is 11.7 Å². The van der Waals surface area contributed by atoms with Crippen molar-refractivity contribution in [3.63, 3.8) is 0 Å². The van der Waals surface area contributed by atoms with Crippen LogP contribution in [0.5, 0.6) is 0 Å². The number of hydrogen-bond donors (Lipinski definition) is 1. The van der Waals surface area contributed by atoms with E-state index in [0.29, 0.717) is 11.7 Å². The minimum Gasteiger partial charge on any atom is -0.337 e. The van der Waals surface area contributed by atoms with E-state index in [1.807, 2.05) is 5.38 Å². The SMILES string of the molecule is c1nc(-c2noc(C3NCCc4sccc43)n2)cs1. The van der Waals surface area contributed by atoms with Crippen LogP contribution in [0.3, 0.4) is 0 Å². The monoisotopic (exact) mass is 290 g/mol. The summed E-state index contributed by atoms with van der Waals surface area (Å²) in [6, 6.07) is 2.14. The molecule has 7 heteroatoms. The molecule has 1 N–H and O–H groups in total. The van der Waals surface area contributed by atoms with Crippen LogP contribution in [0.1, 0.15) is 22.4 Å². The second kappa shape index (κ2) is 4.52. The molecule has 4 rings (SSSR count). The number of nitrogens with one attached hydrogen (secondary N) is 1. The Bertz CT molecular complexity index is 688. The zero-order valence-electron chi connectivity index (χ0n) is 9.87. The fourth-order valence-electron chi connectivity index (χ4n) is 2.25. The molecule has 5 nitrogen and oxygen atoms in total. The zero-order chi connectivity index (χ0) is 12.7. The number of hydrogen-bond acceptors (Lipinski definition) is 7. The average Bonchev–Trinajstić information content (AvgIpc) is 3.18. The van der Waals surface area contributed by atoms with Gasteiger partial charge < -0.3 is 9.84 Å². The predicted octanol–water partition coefficient (Wildman–Crippen LogP) is 2.49. The molecule has 1 aliphatic rings. The first kappa shape index (κ1) is 11.3. The molecule has 0 radical (unpaired) electrons. The summed E-state index contributed by atoms with van der Waals surface area (Å²) in [6.45, 7) is 0.937. The lowest BCUT2D eigenvalue weighted by Gasteiger charge is -2.20. The number of thiazole rings is 1. The molecule has 0 bridgehead atoms. The maximum Gasteiger partial charge on any atom is 0.248 e. The average molecular weight is 290 g/mol. The lowest BCUT2D eigenvalue weighted by Crippen LogP contribution is -2.29. The first-order valence-corrected chi connectivity index (χ1v) is 7.76. The van der Waals surface area contributed by atoms with Crippen LogP contribution in [-0.2, 0) is 6.42 Å². The van der Waals surface area contributed by atoms with E-state index < -0.39 is 0 Å². The van der Waals surface area contributed by atoms with Crippen molar-refractivity contribution in [2.24, 2.45) is 0 Å². The standard InChI is InChI=1S/C12H10N4OS2/c1-3-13-10(7-2-4-19-9(1)7)12-15-11(16-17-12)8-5-18-6-14-8/h2,4-6,10,13H,1,3H2. The van der Waals surface area contributed by atoms with Crippen LogP contribution in [-0.4, -0.2) is 21.7 Å². The Morgan fingerprint density at radius 3 is 3.32 bits per heavy atom. The Balaban J connectivity index is 1.71. The van der Waals surface area contributed by atoms with Gasteiger partial charge >= 0.3 is 0 Å². The van der Waals surface area contributed by atoms with Crippen LogP contribution in [0.15, 0.2) is 26.9 Å². The molecule has 0 spiro atoms. The van der Waals surface area contributed by atoms with E-state index in [2.05, 4.69) is 31.9 Å². The fourth-order valence-corrected chi connectivity index (χ4v) is 3.70. The van der Waals surface area contributed by atoms with E-state index in [-0.39, 0.29) is 6.04 Å². The molecule has 0 aromatic carbocycles. The molecule has 4 heterocycles. The smallest absolute Gasteiger partial charge is 0.248 e. The van der Waals surface area contributed by atoms with Crippen LogP contribution in [0.2, 0.25) is 0 Å². The molecule has 96 valence electrons. The van der Waals surface area contributed by atoms with Crippen molar-refractivity contribution in [2.45, 2.75) is 12.5 Å². The number of rotatable bonds is 2. The highest BCUT2D eigenvalue weighted by molar-refractivity contribution is 7.10. The van der Waals surface area contributed by atoms with Crippen molar-refractivity contribution in [3.8, 4) is 11.5 Å². The first-order chi connectivity index (χ1) is 9.42. The molecular formula is C12H10N4OS2. The number of fused-ring (bicyclic) bond motifs is 1. The highest BCUT2D eigenvalue weighted by Crippen LogP contribution is 2.31. The Morgan fingerprint density at radius 2 is 2.42 bits per heavy atom. The first-order valence-electron chi connectivity index (χ1n) is 5.93. The summed E-state index contributed by atoms with van der Waals surface area (Å²) in [4.78, 5) is 10.1. The van der Waals surface area contributed by atoms with E-state index in [1.165, 1.54) is 21.8 Å². The van der Waals surface area contributed by atoms with Crippen molar-refractivity contribution < 1.29 is 4.52 Å². The van der Waals surface area contributed by atoms with Gasteiger partial charge in [-0.05, 0) is 23.4 Å². The van der Waals surface area contributed by atoms with E-state index in [4.69, 9.17) is 4.52 Å². The molecule has 3 aromatic rings. The van der Waals surface area contributed by atoms with Crippen LogP contribution in [0.4, 0.5) is 0 Å². The highest BCUT2D eigenvalue weighted by Gasteiger charge is 2.27. The third-order valence-corrected chi connectivity index (χ3v) is 4.72. The topological polar surface area (TPSA) is 63.8 Å². The van der Waals surface area contributed by atoms with Crippen LogP contribution < -0.4 is 5.32 Å². The third kappa shape index (κ3) is 1.90. The van der Waals surface area contributed by atoms with Gasteiger partial charge in [0.2, 0.25) is 11.7 Å². The van der Waals surface area contributed by atoms with Gasteiger partial charge in [0, 0.05) is 16.8 Å². The Labute approximate surface area is 117 Å². The molecule has 1 atom stereocenters. The molecule has 0 saturated carbocycles. The van der Waals surface area contributed by atoms with Gasteiger partial charge in [-0.1, -0.05) is 5.16 Å². The summed E-state index contributed by atoms with van der Waals surface area (Å²) < 4.78 is 5.40. The Hall–Kier alpha value is -1.57. The second-order valence-electron chi connectivity index (χ2n) is 4.27. The highest BCUT2D eigenvalue weighted by atomic mass is 32.1. The van der Waals surface area contributed by atoms with Gasteiger partial charge in [-0.15, -0.1) is 22.7 Å². The number of aromatic nitrogens is 3. The van der Waals surface area contributed by atoms with Crippen molar-refractivity contribution in [1.29, 1.82) is 0 Å². The van der Waals surface area contributed by atoms with Crippen molar-refractivity contribution in [2.75, 3.05) is 6.54 Å². The minimum absolute atomic E-state index is 0.00915. The molecule has 19 heavy (non-hydrogen) atoms. The van der Waals surface area contributed by atoms with Gasteiger partial charge in [-0.3, -0.25) is 0 Å². The summed E-state index contributed by atoms with van der Waals surface area (Å²) in [7, 11) is 0. The normalized spacial score (nSPS) is 18.4. The van der Waals surface area contributed by atoms with Crippen molar-refractivity contribution >= 4 is 22.7 Å². The lowest BCUT2D eigenvalue weighted by molar-refractivity contribution is 0.344. The predicted molar refractivity (Wildman–Crippen MR) is 73.3 cm³/mol. The molecule has 0 fully saturated rings. The third-order valence-electron chi connectivity index (χ3n) is 3.14. The van der Waals surface area contributed by atoms with Crippen molar-refractivity contribution in [1.82, 2.24) is 20.4 Å². The van der Waals surface area contributed by atoms with Crippen LogP contribution in [0, 0.1) is 0 Å². The largest absolute Gasteiger partial charge is 0.337 e. The maximum absolute atomic E-state index is 5.40. The van der Waals surface area contributed by atoms with Crippen molar-refractivity contribution in [3.05, 3.63) is 38.7 Å². The maximum atomic E-state index is 5.40. The molecule has 0 saturated heterocycles. The summed E-state index contributed by atoms with van der Waals surface area (Å²) in [6.07, 6.45) is 1.07. The summed E-state index contributed by atoms with van der Waals surface area (Å²) in [5, 5.41) is 11.5. The van der Waals surface area contributed by atoms with E-state index in [9.17, 15) is 0 Å². The van der Waals surface area contributed by atoms with Gasteiger partial charge in [0.25, 0.3) is 0 Å². The molecule has 3 aromatic heterocycles. The number of thiophene rings is 1. The second-order valence-corrected chi connectivity index (χ2v) is 5.99. The van der Waals surface area contributed by atoms with E-state index >= 15 is 0 Å². The summed E-state index contributed by atoms with van der Waals surface area (Å²) in [5.74, 6) is 1.17. The fraction of sp³-hybridized carbons (Fsp3) is 0.250. The number of nitrogens with zero attached hydrogens (tertiary/aromatic N) is 3. The molecular weight excluding hydrogens is 280 g/mol. The molecule has 1 unspecified atom stereocenters. The summed E-state index contributed by atoms with van der Waals surface area (Å²) in [5.41, 5.74) is 3.78. The zero-order valence-corrected chi connectivity index (χ0v) is 11.5.